The largest absolute Gasteiger partial charge is 0.301 e. The molecule has 0 aromatic heterocycles. The molecule has 1 aliphatic heterocycles. The first-order chi connectivity index (χ1) is 5.93. The van der Waals surface area contributed by atoms with E-state index >= 15 is 0 Å². The SMILES string of the molecule is CC(C)N1CCC(C)C(F)(F)CC1. The molecule has 13 heavy (non-hydrogen) atoms. The second kappa shape index (κ2) is 3.91. The average molecular weight is 191 g/mol. The maximum absolute atomic E-state index is 13.3. The van der Waals surface area contributed by atoms with E-state index in [1.165, 1.54) is 0 Å². The van der Waals surface area contributed by atoms with Gasteiger partial charge in [-0.05, 0) is 26.8 Å². The van der Waals surface area contributed by atoms with Crippen molar-refractivity contribution >= 4 is 0 Å². The number of halogens is 2. The quantitative estimate of drug-likeness (QED) is 0.616. The lowest BCUT2D eigenvalue weighted by atomic mass is 9.99. The molecule has 1 rings (SSSR count). The summed E-state index contributed by atoms with van der Waals surface area (Å²) in [6, 6.07) is 0.390. The maximum atomic E-state index is 13.3. The highest BCUT2D eigenvalue weighted by Crippen LogP contribution is 2.33. The van der Waals surface area contributed by atoms with Crippen molar-refractivity contribution in [1.29, 1.82) is 0 Å². The Morgan fingerprint density at radius 2 is 1.92 bits per heavy atom. The van der Waals surface area contributed by atoms with E-state index in [0.717, 1.165) is 6.54 Å². The molecule has 0 aliphatic carbocycles. The third-order valence-corrected chi connectivity index (χ3v) is 3.03. The first-order valence-corrected chi connectivity index (χ1v) is 5.05. The highest BCUT2D eigenvalue weighted by atomic mass is 19.3. The monoisotopic (exact) mass is 191 g/mol. The van der Waals surface area contributed by atoms with Crippen LogP contribution in [0.2, 0.25) is 0 Å². The summed E-state index contributed by atoms with van der Waals surface area (Å²) >= 11 is 0. The van der Waals surface area contributed by atoms with Crippen molar-refractivity contribution in [3.8, 4) is 0 Å². The van der Waals surface area contributed by atoms with Gasteiger partial charge in [0.05, 0.1) is 0 Å². The summed E-state index contributed by atoms with van der Waals surface area (Å²) < 4.78 is 26.5. The Morgan fingerprint density at radius 1 is 1.31 bits per heavy atom. The predicted octanol–water partition coefficient (Wildman–Crippen LogP) is 2.76. The summed E-state index contributed by atoms with van der Waals surface area (Å²) in [6.07, 6.45) is 0.636. The molecule has 0 spiro atoms. The van der Waals surface area contributed by atoms with Crippen LogP contribution in [0.4, 0.5) is 8.78 Å². The topological polar surface area (TPSA) is 3.24 Å². The zero-order valence-electron chi connectivity index (χ0n) is 8.69. The molecule has 1 unspecified atom stereocenters. The number of nitrogens with zero attached hydrogens (tertiary/aromatic N) is 1. The molecule has 1 aliphatic rings. The summed E-state index contributed by atoms with van der Waals surface area (Å²) in [5.41, 5.74) is 0. The first-order valence-electron chi connectivity index (χ1n) is 5.05. The lowest BCUT2D eigenvalue weighted by molar-refractivity contribution is -0.0547. The van der Waals surface area contributed by atoms with Crippen LogP contribution in [0, 0.1) is 5.92 Å². The Bertz CT molecular complexity index is 168. The minimum Gasteiger partial charge on any atom is -0.301 e. The van der Waals surface area contributed by atoms with Crippen LogP contribution in [-0.4, -0.2) is 30.0 Å². The van der Waals surface area contributed by atoms with Gasteiger partial charge in [-0.15, -0.1) is 0 Å². The van der Waals surface area contributed by atoms with E-state index < -0.39 is 11.8 Å². The smallest absolute Gasteiger partial charge is 0.251 e. The Balaban J connectivity index is 2.57. The highest BCUT2D eigenvalue weighted by Gasteiger charge is 2.38. The number of rotatable bonds is 1. The van der Waals surface area contributed by atoms with E-state index in [0.29, 0.717) is 19.0 Å². The molecule has 0 aromatic carbocycles. The Kier molecular flexibility index (Phi) is 3.28. The van der Waals surface area contributed by atoms with E-state index in [2.05, 4.69) is 18.7 Å². The molecule has 1 fully saturated rings. The van der Waals surface area contributed by atoms with Gasteiger partial charge in [0.25, 0.3) is 5.92 Å². The number of alkyl halides is 2. The predicted molar refractivity (Wildman–Crippen MR) is 50.1 cm³/mol. The minimum absolute atomic E-state index is 0.0202. The van der Waals surface area contributed by atoms with Crippen molar-refractivity contribution in [2.24, 2.45) is 5.92 Å². The fourth-order valence-electron chi connectivity index (χ4n) is 1.74. The molecule has 1 nitrogen and oxygen atoms in total. The average Bonchev–Trinajstić information content (AvgIpc) is 2.13. The van der Waals surface area contributed by atoms with Crippen molar-refractivity contribution in [2.75, 3.05) is 13.1 Å². The fourth-order valence-corrected chi connectivity index (χ4v) is 1.74. The van der Waals surface area contributed by atoms with Gasteiger partial charge in [0.2, 0.25) is 0 Å². The molecule has 0 saturated carbocycles. The van der Waals surface area contributed by atoms with Gasteiger partial charge in [-0.3, -0.25) is 0 Å². The molecule has 1 saturated heterocycles. The van der Waals surface area contributed by atoms with Crippen LogP contribution in [0.15, 0.2) is 0 Å². The van der Waals surface area contributed by atoms with Crippen molar-refractivity contribution in [1.82, 2.24) is 4.90 Å². The molecule has 0 radical (unpaired) electrons. The number of likely N-dealkylation sites (tertiary alicyclic amines) is 1. The molecule has 3 heteroatoms. The summed E-state index contributed by atoms with van der Waals surface area (Å²) in [5.74, 6) is -2.92. The van der Waals surface area contributed by atoms with Crippen molar-refractivity contribution < 1.29 is 8.78 Å². The van der Waals surface area contributed by atoms with E-state index in [-0.39, 0.29) is 6.42 Å². The van der Waals surface area contributed by atoms with Crippen molar-refractivity contribution in [3.63, 3.8) is 0 Å². The lowest BCUT2D eigenvalue weighted by Crippen LogP contribution is -2.32. The van der Waals surface area contributed by atoms with Crippen LogP contribution in [0.5, 0.6) is 0 Å². The Morgan fingerprint density at radius 3 is 2.46 bits per heavy atom. The standard InChI is InChI=1S/C10H19F2N/c1-8(2)13-6-4-9(3)10(11,12)5-7-13/h8-9H,4-7H2,1-3H3. The zero-order valence-corrected chi connectivity index (χ0v) is 8.69. The van der Waals surface area contributed by atoms with Gasteiger partial charge in [-0.1, -0.05) is 6.92 Å². The third-order valence-electron chi connectivity index (χ3n) is 3.03. The molecule has 0 amide bonds. The lowest BCUT2D eigenvalue weighted by Gasteiger charge is -2.24. The van der Waals surface area contributed by atoms with Gasteiger partial charge in [0, 0.05) is 24.9 Å². The zero-order chi connectivity index (χ0) is 10.1. The summed E-state index contributed by atoms with van der Waals surface area (Å²) in [5, 5.41) is 0. The van der Waals surface area contributed by atoms with Gasteiger partial charge >= 0.3 is 0 Å². The minimum atomic E-state index is -2.45. The molecule has 1 atom stereocenters. The van der Waals surface area contributed by atoms with Crippen LogP contribution in [0.25, 0.3) is 0 Å². The van der Waals surface area contributed by atoms with Crippen LogP contribution in [0.3, 0.4) is 0 Å². The Hall–Kier alpha value is -0.180. The second-order valence-electron chi connectivity index (χ2n) is 4.33. The van der Waals surface area contributed by atoms with E-state index in [1.54, 1.807) is 6.92 Å². The molecule has 1 heterocycles. The molecule has 78 valence electrons. The molecular formula is C10H19F2N. The van der Waals surface area contributed by atoms with Crippen LogP contribution < -0.4 is 0 Å². The van der Waals surface area contributed by atoms with Crippen LogP contribution in [-0.2, 0) is 0 Å². The van der Waals surface area contributed by atoms with E-state index in [4.69, 9.17) is 0 Å². The molecule has 0 aromatic rings. The number of hydrogen-bond acceptors (Lipinski definition) is 1. The van der Waals surface area contributed by atoms with Gasteiger partial charge in [-0.25, -0.2) is 8.78 Å². The Labute approximate surface area is 79.1 Å². The van der Waals surface area contributed by atoms with Crippen LogP contribution >= 0.6 is 0 Å². The van der Waals surface area contributed by atoms with Crippen LogP contribution in [0.1, 0.15) is 33.6 Å². The fraction of sp³-hybridized carbons (Fsp3) is 1.00. The number of hydrogen-bond donors (Lipinski definition) is 0. The van der Waals surface area contributed by atoms with Gasteiger partial charge in [0.1, 0.15) is 0 Å². The van der Waals surface area contributed by atoms with Gasteiger partial charge < -0.3 is 4.90 Å². The molecular weight excluding hydrogens is 172 g/mol. The molecule has 0 bridgehead atoms. The second-order valence-corrected chi connectivity index (χ2v) is 4.33. The van der Waals surface area contributed by atoms with Gasteiger partial charge in [-0.2, -0.15) is 0 Å². The highest BCUT2D eigenvalue weighted by molar-refractivity contribution is 4.81. The summed E-state index contributed by atoms with van der Waals surface area (Å²) in [6.45, 7) is 7.13. The summed E-state index contributed by atoms with van der Waals surface area (Å²) in [4.78, 5) is 2.14. The van der Waals surface area contributed by atoms with Crippen molar-refractivity contribution in [3.05, 3.63) is 0 Å². The summed E-state index contributed by atoms with van der Waals surface area (Å²) in [7, 11) is 0. The van der Waals surface area contributed by atoms with Crippen molar-refractivity contribution in [2.45, 2.75) is 45.6 Å². The molecule has 0 N–H and O–H groups in total. The van der Waals surface area contributed by atoms with E-state index in [9.17, 15) is 8.78 Å². The van der Waals surface area contributed by atoms with Gasteiger partial charge in [0.15, 0.2) is 0 Å². The normalized spacial score (nSPS) is 30.5. The first kappa shape index (κ1) is 10.9. The third kappa shape index (κ3) is 2.63. The maximum Gasteiger partial charge on any atom is 0.251 e. The van der Waals surface area contributed by atoms with E-state index in [1.807, 2.05) is 0 Å².